The zero-order valence-electron chi connectivity index (χ0n) is 11.1. The molecule has 0 saturated heterocycles. The third-order valence-electron chi connectivity index (χ3n) is 2.82. The summed E-state index contributed by atoms with van der Waals surface area (Å²) >= 11 is 0. The molecule has 2 amide bonds. The van der Waals surface area contributed by atoms with Gasteiger partial charge in [0.1, 0.15) is 5.76 Å². The molecule has 1 unspecified atom stereocenters. The van der Waals surface area contributed by atoms with Crippen molar-refractivity contribution >= 4 is 6.03 Å². The fourth-order valence-electron chi connectivity index (χ4n) is 1.58. The summed E-state index contributed by atoms with van der Waals surface area (Å²) in [6.07, 6.45) is 1.58. The topological polar surface area (TPSA) is 84.4 Å². The lowest BCUT2D eigenvalue weighted by atomic mass is 10.2. The number of carbonyl (C=O) groups excluding carboxylic acids is 1. The fraction of sp³-hybridized carbons (Fsp3) is 0.417. The van der Waals surface area contributed by atoms with Crippen LogP contribution >= 0.6 is 0 Å². The van der Waals surface area contributed by atoms with Gasteiger partial charge in [-0.3, -0.25) is 0 Å². The molecule has 2 rings (SSSR count). The Labute approximate surface area is 110 Å². The van der Waals surface area contributed by atoms with Gasteiger partial charge in [0.15, 0.2) is 5.82 Å². The Morgan fingerprint density at radius 2 is 2.37 bits per heavy atom. The standard InChI is InChI=1S/C12H16N4O3/c1-8(10-5-4-6-18-10)16(3)12(17)13-7-11-14-9(2)15-19-11/h4-6,8H,7H2,1-3H3,(H,13,17). The molecule has 1 atom stereocenters. The highest BCUT2D eigenvalue weighted by Crippen LogP contribution is 2.18. The first-order chi connectivity index (χ1) is 9.08. The Kier molecular flexibility index (Phi) is 3.84. The minimum atomic E-state index is -0.236. The van der Waals surface area contributed by atoms with Gasteiger partial charge in [0.05, 0.1) is 18.8 Å². The highest BCUT2D eigenvalue weighted by molar-refractivity contribution is 5.74. The molecule has 19 heavy (non-hydrogen) atoms. The Morgan fingerprint density at radius 1 is 1.58 bits per heavy atom. The number of carbonyl (C=O) groups is 1. The van der Waals surface area contributed by atoms with Crippen molar-refractivity contribution in [3.63, 3.8) is 0 Å². The number of hydrogen-bond acceptors (Lipinski definition) is 5. The normalized spacial score (nSPS) is 12.2. The van der Waals surface area contributed by atoms with Crippen LogP contribution < -0.4 is 5.32 Å². The molecule has 7 heteroatoms. The minimum Gasteiger partial charge on any atom is -0.467 e. The maximum Gasteiger partial charge on any atom is 0.318 e. The van der Waals surface area contributed by atoms with Gasteiger partial charge in [0.2, 0.25) is 5.89 Å². The summed E-state index contributed by atoms with van der Waals surface area (Å²) < 4.78 is 10.2. The van der Waals surface area contributed by atoms with Gasteiger partial charge in [0.25, 0.3) is 0 Å². The zero-order valence-corrected chi connectivity index (χ0v) is 11.1. The van der Waals surface area contributed by atoms with Gasteiger partial charge in [-0.2, -0.15) is 4.98 Å². The third kappa shape index (κ3) is 3.12. The second-order valence-electron chi connectivity index (χ2n) is 4.20. The number of nitrogens with one attached hydrogen (secondary N) is 1. The first-order valence-electron chi connectivity index (χ1n) is 5.91. The van der Waals surface area contributed by atoms with Crippen molar-refractivity contribution < 1.29 is 13.7 Å². The molecular weight excluding hydrogens is 248 g/mol. The second-order valence-corrected chi connectivity index (χ2v) is 4.20. The van der Waals surface area contributed by atoms with E-state index < -0.39 is 0 Å². The summed E-state index contributed by atoms with van der Waals surface area (Å²) in [6, 6.07) is 3.23. The number of aryl methyl sites for hydroxylation is 1. The molecule has 2 aromatic heterocycles. The maximum atomic E-state index is 11.9. The van der Waals surface area contributed by atoms with Crippen molar-refractivity contribution in [1.82, 2.24) is 20.4 Å². The largest absolute Gasteiger partial charge is 0.467 e. The first kappa shape index (κ1) is 13.1. The molecule has 0 fully saturated rings. The van der Waals surface area contributed by atoms with Crippen LogP contribution in [-0.4, -0.2) is 28.1 Å². The smallest absolute Gasteiger partial charge is 0.318 e. The number of hydrogen-bond donors (Lipinski definition) is 1. The van der Waals surface area contributed by atoms with Crippen molar-refractivity contribution in [3.05, 3.63) is 35.9 Å². The van der Waals surface area contributed by atoms with Crippen molar-refractivity contribution in [2.24, 2.45) is 0 Å². The Bertz CT molecular complexity index is 535. The lowest BCUT2D eigenvalue weighted by Gasteiger charge is -2.23. The van der Waals surface area contributed by atoms with E-state index in [1.807, 2.05) is 13.0 Å². The van der Waals surface area contributed by atoms with E-state index in [9.17, 15) is 4.79 Å². The summed E-state index contributed by atoms with van der Waals surface area (Å²) in [5.74, 6) is 1.65. The zero-order chi connectivity index (χ0) is 13.8. The molecule has 0 bridgehead atoms. The van der Waals surface area contributed by atoms with E-state index in [0.29, 0.717) is 11.7 Å². The molecule has 7 nitrogen and oxygen atoms in total. The monoisotopic (exact) mass is 264 g/mol. The fourth-order valence-corrected chi connectivity index (χ4v) is 1.58. The van der Waals surface area contributed by atoms with Crippen LogP contribution in [0.5, 0.6) is 0 Å². The number of aromatic nitrogens is 2. The average molecular weight is 264 g/mol. The van der Waals surface area contributed by atoms with Gasteiger partial charge in [-0.05, 0) is 26.0 Å². The van der Waals surface area contributed by atoms with Gasteiger partial charge in [-0.1, -0.05) is 5.16 Å². The van der Waals surface area contributed by atoms with Crippen LogP contribution in [-0.2, 0) is 6.54 Å². The number of nitrogens with zero attached hydrogens (tertiary/aromatic N) is 3. The summed E-state index contributed by atoms with van der Waals surface area (Å²) in [6.45, 7) is 3.81. The molecule has 0 aliphatic carbocycles. The van der Waals surface area contributed by atoms with E-state index >= 15 is 0 Å². The Balaban J connectivity index is 1.89. The number of urea groups is 1. The number of furan rings is 1. The average Bonchev–Trinajstić information content (AvgIpc) is 3.05. The van der Waals surface area contributed by atoms with Crippen LogP contribution in [0.15, 0.2) is 27.3 Å². The molecule has 0 radical (unpaired) electrons. The van der Waals surface area contributed by atoms with E-state index in [1.54, 1.807) is 31.2 Å². The minimum absolute atomic E-state index is 0.153. The Morgan fingerprint density at radius 3 is 2.95 bits per heavy atom. The van der Waals surface area contributed by atoms with E-state index in [1.165, 1.54) is 0 Å². The van der Waals surface area contributed by atoms with Gasteiger partial charge in [0, 0.05) is 7.05 Å². The van der Waals surface area contributed by atoms with Crippen LogP contribution in [0.3, 0.4) is 0 Å². The van der Waals surface area contributed by atoms with E-state index in [4.69, 9.17) is 8.94 Å². The molecule has 102 valence electrons. The lowest BCUT2D eigenvalue weighted by Crippen LogP contribution is -2.38. The number of amides is 2. The molecular formula is C12H16N4O3. The van der Waals surface area contributed by atoms with E-state index in [0.717, 1.165) is 5.76 Å². The second kappa shape index (κ2) is 5.55. The van der Waals surface area contributed by atoms with Crippen molar-refractivity contribution in [2.45, 2.75) is 26.4 Å². The molecule has 0 spiro atoms. The highest BCUT2D eigenvalue weighted by atomic mass is 16.5. The molecule has 0 aliphatic heterocycles. The molecule has 0 aliphatic rings. The first-order valence-corrected chi connectivity index (χ1v) is 5.91. The molecule has 0 aromatic carbocycles. The van der Waals surface area contributed by atoms with Crippen molar-refractivity contribution in [3.8, 4) is 0 Å². The summed E-state index contributed by atoms with van der Waals surface area (Å²) in [4.78, 5) is 17.5. The summed E-state index contributed by atoms with van der Waals surface area (Å²) in [7, 11) is 1.70. The third-order valence-corrected chi connectivity index (χ3v) is 2.82. The number of rotatable bonds is 4. The summed E-state index contributed by atoms with van der Waals surface area (Å²) in [5, 5.41) is 6.35. The SMILES string of the molecule is Cc1noc(CNC(=O)N(C)C(C)c2ccco2)n1. The quantitative estimate of drug-likeness (QED) is 0.911. The van der Waals surface area contributed by atoms with Crippen LogP contribution in [0.4, 0.5) is 4.79 Å². The van der Waals surface area contributed by atoms with Crippen LogP contribution in [0.1, 0.15) is 30.4 Å². The highest BCUT2D eigenvalue weighted by Gasteiger charge is 2.19. The van der Waals surface area contributed by atoms with Crippen LogP contribution in [0, 0.1) is 6.92 Å². The van der Waals surface area contributed by atoms with Crippen LogP contribution in [0.2, 0.25) is 0 Å². The molecule has 1 N–H and O–H groups in total. The summed E-state index contributed by atoms with van der Waals surface area (Å²) in [5.41, 5.74) is 0. The predicted molar refractivity (Wildman–Crippen MR) is 66.2 cm³/mol. The lowest BCUT2D eigenvalue weighted by molar-refractivity contribution is 0.185. The van der Waals surface area contributed by atoms with Crippen molar-refractivity contribution in [2.75, 3.05) is 7.05 Å². The van der Waals surface area contributed by atoms with Gasteiger partial charge in [-0.25, -0.2) is 4.79 Å². The van der Waals surface area contributed by atoms with Gasteiger partial charge >= 0.3 is 6.03 Å². The molecule has 2 heterocycles. The molecule has 2 aromatic rings. The predicted octanol–water partition coefficient (Wildman–Crippen LogP) is 1.87. The molecule has 0 saturated carbocycles. The Hall–Kier alpha value is -2.31. The van der Waals surface area contributed by atoms with Gasteiger partial charge < -0.3 is 19.2 Å². The van der Waals surface area contributed by atoms with E-state index in [-0.39, 0.29) is 18.6 Å². The van der Waals surface area contributed by atoms with Crippen LogP contribution in [0.25, 0.3) is 0 Å². The van der Waals surface area contributed by atoms with Gasteiger partial charge in [-0.15, -0.1) is 0 Å². The maximum absolute atomic E-state index is 11.9. The van der Waals surface area contributed by atoms with Crippen molar-refractivity contribution in [1.29, 1.82) is 0 Å². The van der Waals surface area contributed by atoms with E-state index in [2.05, 4.69) is 15.5 Å².